The van der Waals surface area contributed by atoms with E-state index in [1.165, 1.54) is 0 Å². The molecule has 0 spiro atoms. The van der Waals surface area contributed by atoms with E-state index in [-0.39, 0.29) is 12.5 Å². The van der Waals surface area contributed by atoms with Gasteiger partial charge in [0.05, 0.1) is 13.0 Å². The number of aliphatic carboxylic acids is 1. The van der Waals surface area contributed by atoms with E-state index in [0.717, 1.165) is 22.4 Å². The second-order valence-electron chi connectivity index (χ2n) is 6.38. The number of methoxy groups -OCH3 is 1. The summed E-state index contributed by atoms with van der Waals surface area (Å²) in [6.07, 6.45) is 1.32. The van der Waals surface area contributed by atoms with Gasteiger partial charge in [0.2, 0.25) is 5.91 Å². The number of nitrogens with one attached hydrogen (secondary N) is 1. The van der Waals surface area contributed by atoms with Crippen molar-refractivity contribution >= 4 is 11.9 Å². The molecule has 0 aliphatic rings. The molecular formula is C21H25NO4. The Hall–Kier alpha value is -2.82. The molecule has 138 valence electrons. The summed E-state index contributed by atoms with van der Waals surface area (Å²) < 4.78 is 5.10. The Kier molecular flexibility index (Phi) is 7.21. The van der Waals surface area contributed by atoms with Crippen LogP contribution < -0.4 is 10.1 Å². The lowest BCUT2D eigenvalue weighted by atomic mass is 9.98. The summed E-state index contributed by atoms with van der Waals surface area (Å²) in [5.41, 5.74) is 3.09. The third-order valence-corrected chi connectivity index (χ3v) is 4.26. The maximum absolute atomic E-state index is 12.0. The summed E-state index contributed by atoms with van der Waals surface area (Å²) in [6, 6.07) is 15.3. The van der Waals surface area contributed by atoms with Crippen LogP contribution in [0.3, 0.4) is 0 Å². The highest BCUT2D eigenvalue weighted by atomic mass is 16.5. The summed E-state index contributed by atoms with van der Waals surface area (Å²) in [7, 11) is 1.61. The van der Waals surface area contributed by atoms with E-state index in [1.807, 2.05) is 55.5 Å². The molecule has 2 aromatic carbocycles. The molecule has 1 amide bonds. The maximum Gasteiger partial charge on any atom is 0.308 e. The molecule has 0 aliphatic heterocycles. The highest BCUT2D eigenvalue weighted by molar-refractivity contribution is 5.77. The summed E-state index contributed by atoms with van der Waals surface area (Å²) in [5, 5.41) is 12.2. The average Bonchev–Trinajstić information content (AvgIpc) is 2.63. The molecule has 0 heterocycles. The van der Waals surface area contributed by atoms with Gasteiger partial charge in [-0.25, -0.2) is 0 Å². The zero-order valence-corrected chi connectivity index (χ0v) is 15.2. The minimum Gasteiger partial charge on any atom is -0.497 e. The van der Waals surface area contributed by atoms with Gasteiger partial charge >= 0.3 is 5.97 Å². The molecule has 0 aromatic heterocycles. The molecule has 0 saturated carbocycles. The van der Waals surface area contributed by atoms with Crippen LogP contribution in [0.5, 0.6) is 5.75 Å². The van der Waals surface area contributed by atoms with E-state index in [1.54, 1.807) is 7.11 Å². The molecule has 26 heavy (non-hydrogen) atoms. The second-order valence-corrected chi connectivity index (χ2v) is 6.38. The number of aryl methyl sites for hydroxylation is 2. The molecule has 0 bridgehead atoms. The summed E-state index contributed by atoms with van der Waals surface area (Å²) in [4.78, 5) is 23.5. The number of carbonyl (C=O) groups excluding carboxylic acids is 1. The van der Waals surface area contributed by atoms with E-state index >= 15 is 0 Å². The van der Waals surface area contributed by atoms with Crippen molar-refractivity contribution in [3.63, 3.8) is 0 Å². The van der Waals surface area contributed by atoms with Crippen LogP contribution in [0.2, 0.25) is 0 Å². The van der Waals surface area contributed by atoms with Crippen molar-refractivity contribution in [2.45, 2.75) is 26.2 Å². The molecule has 5 nitrogen and oxygen atoms in total. The van der Waals surface area contributed by atoms with Crippen LogP contribution in [0, 0.1) is 12.8 Å². The van der Waals surface area contributed by atoms with Gasteiger partial charge in [0.15, 0.2) is 0 Å². The van der Waals surface area contributed by atoms with Crippen molar-refractivity contribution in [3.8, 4) is 5.75 Å². The number of rotatable bonds is 9. The monoisotopic (exact) mass is 355 g/mol. The van der Waals surface area contributed by atoms with Crippen molar-refractivity contribution in [1.29, 1.82) is 0 Å². The van der Waals surface area contributed by atoms with Crippen LogP contribution in [-0.4, -0.2) is 30.6 Å². The van der Waals surface area contributed by atoms with Crippen LogP contribution in [0.4, 0.5) is 0 Å². The molecule has 1 atom stereocenters. The molecule has 0 saturated heterocycles. The molecule has 0 radical (unpaired) electrons. The average molecular weight is 355 g/mol. The predicted molar refractivity (Wildman–Crippen MR) is 100 cm³/mol. The van der Waals surface area contributed by atoms with Gasteiger partial charge in [-0.1, -0.05) is 42.0 Å². The predicted octanol–water partition coefficient (Wildman–Crippen LogP) is 3.00. The fraction of sp³-hybridized carbons (Fsp3) is 0.333. The first-order chi connectivity index (χ1) is 12.5. The van der Waals surface area contributed by atoms with E-state index in [0.29, 0.717) is 19.3 Å². The Labute approximate surface area is 154 Å². The van der Waals surface area contributed by atoms with E-state index in [9.17, 15) is 14.7 Å². The number of ether oxygens (including phenoxy) is 1. The van der Waals surface area contributed by atoms with Crippen LogP contribution in [-0.2, 0) is 22.4 Å². The van der Waals surface area contributed by atoms with E-state index < -0.39 is 11.9 Å². The van der Waals surface area contributed by atoms with Crippen LogP contribution in [0.25, 0.3) is 0 Å². The Morgan fingerprint density at radius 1 is 1.12 bits per heavy atom. The zero-order valence-electron chi connectivity index (χ0n) is 15.2. The highest BCUT2D eigenvalue weighted by Gasteiger charge is 2.19. The zero-order chi connectivity index (χ0) is 18.9. The third-order valence-electron chi connectivity index (χ3n) is 4.26. The number of amides is 1. The maximum atomic E-state index is 12.0. The standard InChI is InChI=1S/C21H25NO4/c1-15-4-3-5-17(12-15)13-18(21(24)25)14-22-20(23)11-8-16-6-9-19(26-2)10-7-16/h3-7,9-10,12,18H,8,11,13-14H2,1-2H3,(H,22,23)(H,24,25). The minimum atomic E-state index is -0.901. The van der Waals surface area contributed by atoms with Gasteiger partial charge in [-0.05, 0) is 43.0 Å². The fourth-order valence-electron chi connectivity index (χ4n) is 2.75. The first-order valence-electron chi connectivity index (χ1n) is 8.66. The largest absolute Gasteiger partial charge is 0.497 e. The van der Waals surface area contributed by atoms with Gasteiger partial charge in [-0.3, -0.25) is 9.59 Å². The molecule has 2 aromatic rings. The lowest BCUT2D eigenvalue weighted by molar-refractivity contribution is -0.141. The van der Waals surface area contributed by atoms with Crippen LogP contribution in [0.15, 0.2) is 48.5 Å². The number of hydrogen-bond donors (Lipinski definition) is 2. The van der Waals surface area contributed by atoms with E-state index in [2.05, 4.69) is 5.32 Å². The van der Waals surface area contributed by atoms with E-state index in [4.69, 9.17) is 4.74 Å². The topological polar surface area (TPSA) is 75.6 Å². The van der Waals surface area contributed by atoms with Crippen molar-refractivity contribution in [3.05, 3.63) is 65.2 Å². The number of carbonyl (C=O) groups is 2. The van der Waals surface area contributed by atoms with Gasteiger partial charge in [0, 0.05) is 13.0 Å². The lowest BCUT2D eigenvalue weighted by Crippen LogP contribution is -2.34. The minimum absolute atomic E-state index is 0.130. The van der Waals surface area contributed by atoms with Crippen molar-refractivity contribution in [2.24, 2.45) is 5.92 Å². The van der Waals surface area contributed by atoms with Crippen molar-refractivity contribution in [2.75, 3.05) is 13.7 Å². The number of benzene rings is 2. The molecule has 1 unspecified atom stereocenters. The van der Waals surface area contributed by atoms with Gasteiger partial charge in [-0.2, -0.15) is 0 Å². The molecule has 5 heteroatoms. The Balaban J connectivity index is 1.81. The summed E-state index contributed by atoms with van der Waals surface area (Å²) in [5.74, 6) is -0.904. The molecule has 0 aliphatic carbocycles. The first-order valence-corrected chi connectivity index (χ1v) is 8.66. The molecule has 2 N–H and O–H groups in total. The van der Waals surface area contributed by atoms with Gasteiger partial charge < -0.3 is 15.2 Å². The summed E-state index contributed by atoms with van der Waals surface area (Å²) >= 11 is 0. The normalized spacial score (nSPS) is 11.6. The smallest absolute Gasteiger partial charge is 0.308 e. The molecule has 0 fully saturated rings. The fourth-order valence-corrected chi connectivity index (χ4v) is 2.75. The second kappa shape index (κ2) is 9.61. The number of carboxylic acids is 1. The first kappa shape index (κ1) is 19.5. The lowest BCUT2D eigenvalue weighted by Gasteiger charge is -2.14. The quantitative estimate of drug-likeness (QED) is 0.725. The number of hydrogen-bond acceptors (Lipinski definition) is 3. The van der Waals surface area contributed by atoms with Gasteiger partial charge in [-0.15, -0.1) is 0 Å². The van der Waals surface area contributed by atoms with Crippen LogP contribution in [0.1, 0.15) is 23.1 Å². The molecule has 2 rings (SSSR count). The Bertz CT molecular complexity index is 740. The van der Waals surface area contributed by atoms with Crippen molar-refractivity contribution in [1.82, 2.24) is 5.32 Å². The van der Waals surface area contributed by atoms with Crippen molar-refractivity contribution < 1.29 is 19.4 Å². The van der Waals surface area contributed by atoms with Gasteiger partial charge in [0.1, 0.15) is 5.75 Å². The highest BCUT2D eigenvalue weighted by Crippen LogP contribution is 2.13. The molecular weight excluding hydrogens is 330 g/mol. The summed E-state index contributed by atoms with van der Waals surface area (Å²) in [6.45, 7) is 2.10. The number of carboxylic acid groups (broad SMARTS) is 1. The van der Waals surface area contributed by atoms with Gasteiger partial charge in [0.25, 0.3) is 0 Å². The SMILES string of the molecule is COc1ccc(CCC(=O)NCC(Cc2cccc(C)c2)C(=O)O)cc1. The van der Waals surface area contributed by atoms with Crippen LogP contribution >= 0.6 is 0 Å². The Morgan fingerprint density at radius 3 is 2.46 bits per heavy atom. The third kappa shape index (κ3) is 6.24. The Morgan fingerprint density at radius 2 is 1.85 bits per heavy atom.